The van der Waals surface area contributed by atoms with Crippen molar-refractivity contribution in [2.75, 3.05) is 39.8 Å². The van der Waals surface area contributed by atoms with Gasteiger partial charge in [0.2, 0.25) is 0 Å². The Labute approximate surface area is 170 Å². The summed E-state index contributed by atoms with van der Waals surface area (Å²) in [6.45, 7) is 7.49. The van der Waals surface area contributed by atoms with Crippen LogP contribution in [0.5, 0.6) is 0 Å². The van der Waals surface area contributed by atoms with Gasteiger partial charge in [0.15, 0.2) is 11.6 Å². The zero-order valence-corrected chi connectivity index (χ0v) is 17.1. The molecule has 0 amide bonds. The lowest BCUT2D eigenvalue weighted by molar-refractivity contribution is 0.169. The van der Waals surface area contributed by atoms with Crippen LogP contribution in [0, 0.1) is 6.92 Å². The summed E-state index contributed by atoms with van der Waals surface area (Å²) in [6, 6.07) is 7.96. The Bertz CT molecular complexity index is 954. The lowest BCUT2D eigenvalue weighted by Gasteiger charge is -2.36. The molecule has 9 nitrogen and oxygen atoms in total. The van der Waals surface area contributed by atoms with Gasteiger partial charge in [-0.1, -0.05) is 11.2 Å². The van der Waals surface area contributed by atoms with E-state index < -0.39 is 0 Å². The van der Waals surface area contributed by atoms with E-state index in [4.69, 9.17) is 4.52 Å². The number of nitrogens with one attached hydrogen (secondary N) is 1. The minimum atomic E-state index is 0.837. The standard InChI is InChI=1S/C20H28N8O/c1-16-14-17(25-29-16)15-26-10-12-27(13-11-26)20(21-2)22-8-5-7-19-24-23-18-6-3-4-9-28(18)19/h3-4,6,9,14H,5,7-8,10-13,15H2,1-2H3,(H,21,22). The maximum atomic E-state index is 5.16. The van der Waals surface area contributed by atoms with Gasteiger partial charge in [0.05, 0.1) is 5.69 Å². The highest BCUT2D eigenvalue weighted by molar-refractivity contribution is 5.79. The van der Waals surface area contributed by atoms with Crippen LogP contribution in [0.1, 0.15) is 23.7 Å². The molecule has 0 bridgehead atoms. The Morgan fingerprint density at radius 3 is 2.83 bits per heavy atom. The SMILES string of the molecule is CN=C(NCCCc1nnc2ccccn12)N1CCN(Cc2cc(C)on2)CC1. The number of hydrogen-bond acceptors (Lipinski definition) is 6. The quantitative estimate of drug-likeness (QED) is 0.382. The van der Waals surface area contributed by atoms with Crippen LogP contribution in [-0.2, 0) is 13.0 Å². The molecule has 0 spiro atoms. The van der Waals surface area contributed by atoms with Gasteiger partial charge in [0, 0.05) is 65.0 Å². The molecular formula is C20H28N8O. The molecule has 0 radical (unpaired) electrons. The molecule has 1 saturated heterocycles. The summed E-state index contributed by atoms with van der Waals surface area (Å²) in [5.41, 5.74) is 1.89. The van der Waals surface area contributed by atoms with Crippen molar-refractivity contribution in [3.8, 4) is 0 Å². The zero-order chi connectivity index (χ0) is 20.1. The summed E-state index contributed by atoms with van der Waals surface area (Å²) in [4.78, 5) is 9.18. The van der Waals surface area contributed by atoms with Crippen molar-refractivity contribution in [1.29, 1.82) is 0 Å². The van der Waals surface area contributed by atoms with E-state index in [-0.39, 0.29) is 0 Å². The van der Waals surface area contributed by atoms with Gasteiger partial charge in [0.1, 0.15) is 11.6 Å². The maximum Gasteiger partial charge on any atom is 0.193 e. The van der Waals surface area contributed by atoms with Crippen molar-refractivity contribution in [3.05, 3.63) is 47.7 Å². The zero-order valence-electron chi connectivity index (χ0n) is 17.1. The normalized spacial score (nSPS) is 15.9. The summed E-state index contributed by atoms with van der Waals surface area (Å²) < 4.78 is 7.21. The minimum absolute atomic E-state index is 0.837. The molecule has 3 aromatic rings. The Kier molecular flexibility index (Phi) is 6.04. The third kappa shape index (κ3) is 4.73. The van der Waals surface area contributed by atoms with Crippen molar-refractivity contribution < 1.29 is 4.52 Å². The van der Waals surface area contributed by atoms with E-state index in [1.807, 2.05) is 48.8 Å². The summed E-state index contributed by atoms with van der Waals surface area (Å²) in [5, 5.41) is 16.1. The Balaban J connectivity index is 1.21. The second kappa shape index (κ2) is 9.04. The van der Waals surface area contributed by atoms with E-state index in [9.17, 15) is 0 Å². The van der Waals surface area contributed by atoms with Crippen molar-refractivity contribution in [1.82, 2.24) is 34.9 Å². The van der Waals surface area contributed by atoms with Crippen LogP contribution in [0.25, 0.3) is 5.65 Å². The minimum Gasteiger partial charge on any atom is -0.361 e. The van der Waals surface area contributed by atoms with Gasteiger partial charge in [-0.15, -0.1) is 10.2 Å². The number of hydrogen-bond donors (Lipinski definition) is 1. The van der Waals surface area contributed by atoms with Crippen LogP contribution < -0.4 is 5.32 Å². The van der Waals surface area contributed by atoms with Crippen molar-refractivity contribution >= 4 is 11.6 Å². The summed E-state index contributed by atoms with van der Waals surface area (Å²) >= 11 is 0. The Morgan fingerprint density at radius 1 is 1.21 bits per heavy atom. The highest BCUT2D eigenvalue weighted by Crippen LogP contribution is 2.09. The van der Waals surface area contributed by atoms with Crippen LogP contribution in [0.15, 0.2) is 40.0 Å². The van der Waals surface area contributed by atoms with Crippen LogP contribution in [-0.4, -0.2) is 75.3 Å². The molecule has 0 unspecified atom stereocenters. The lowest BCUT2D eigenvalue weighted by Crippen LogP contribution is -2.52. The molecule has 1 fully saturated rings. The van der Waals surface area contributed by atoms with E-state index in [0.717, 1.165) is 81.0 Å². The van der Waals surface area contributed by atoms with Crippen LogP contribution >= 0.6 is 0 Å². The van der Waals surface area contributed by atoms with E-state index in [1.54, 1.807) is 0 Å². The van der Waals surface area contributed by atoms with Gasteiger partial charge in [-0.05, 0) is 25.5 Å². The van der Waals surface area contributed by atoms with Crippen molar-refractivity contribution in [3.63, 3.8) is 0 Å². The highest BCUT2D eigenvalue weighted by atomic mass is 16.5. The van der Waals surface area contributed by atoms with Crippen molar-refractivity contribution in [2.45, 2.75) is 26.3 Å². The largest absolute Gasteiger partial charge is 0.361 e. The fourth-order valence-electron chi connectivity index (χ4n) is 3.68. The number of aliphatic imine (C=N–C) groups is 1. The molecule has 3 aromatic heterocycles. The van der Waals surface area contributed by atoms with Gasteiger partial charge >= 0.3 is 0 Å². The number of fused-ring (bicyclic) bond motifs is 1. The molecule has 29 heavy (non-hydrogen) atoms. The van der Waals surface area contributed by atoms with Crippen LogP contribution in [0.2, 0.25) is 0 Å². The first-order chi connectivity index (χ1) is 14.2. The number of rotatable bonds is 6. The first kappa shape index (κ1) is 19.4. The molecule has 4 rings (SSSR count). The molecule has 0 aliphatic carbocycles. The molecular weight excluding hydrogens is 368 g/mol. The number of guanidine groups is 1. The maximum absolute atomic E-state index is 5.16. The van der Waals surface area contributed by atoms with E-state index in [0.29, 0.717) is 0 Å². The smallest absolute Gasteiger partial charge is 0.193 e. The molecule has 154 valence electrons. The topological polar surface area (TPSA) is 87.1 Å². The predicted molar refractivity (Wildman–Crippen MR) is 111 cm³/mol. The third-order valence-corrected chi connectivity index (χ3v) is 5.19. The molecule has 4 heterocycles. The van der Waals surface area contributed by atoms with Crippen LogP contribution in [0.4, 0.5) is 0 Å². The van der Waals surface area contributed by atoms with Gasteiger partial charge in [-0.25, -0.2) is 0 Å². The molecule has 0 atom stereocenters. The second-order valence-corrected chi connectivity index (χ2v) is 7.31. The fourth-order valence-corrected chi connectivity index (χ4v) is 3.68. The number of piperazine rings is 1. The van der Waals surface area contributed by atoms with Gasteiger partial charge in [-0.3, -0.25) is 14.3 Å². The summed E-state index contributed by atoms with van der Waals surface area (Å²) in [7, 11) is 1.85. The Morgan fingerprint density at radius 2 is 2.07 bits per heavy atom. The molecule has 0 aromatic carbocycles. The molecule has 1 N–H and O–H groups in total. The lowest BCUT2D eigenvalue weighted by atomic mass is 10.2. The second-order valence-electron chi connectivity index (χ2n) is 7.31. The molecule has 1 aliphatic rings. The molecule has 1 aliphatic heterocycles. The number of nitrogens with zero attached hydrogens (tertiary/aromatic N) is 7. The number of aryl methyl sites for hydroxylation is 2. The molecule has 9 heteroatoms. The summed E-state index contributed by atoms with van der Waals surface area (Å²) in [6.07, 6.45) is 3.86. The van der Waals surface area contributed by atoms with Gasteiger partial charge in [-0.2, -0.15) is 0 Å². The summed E-state index contributed by atoms with van der Waals surface area (Å²) in [5.74, 6) is 2.82. The average molecular weight is 396 g/mol. The fraction of sp³-hybridized carbons (Fsp3) is 0.500. The van der Waals surface area contributed by atoms with E-state index in [1.165, 1.54) is 0 Å². The van der Waals surface area contributed by atoms with Crippen LogP contribution in [0.3, 0.4) is 0 Å². The monoisotopic (exact) mass is 396 g/mol. The first-order valence-corrected chi connectivity index (χ1v) is 10.1. The van der Waals surface area contributed by atoms with Gasteiger partial charge < -0.3 is 14.7 Å². The Hall–Kier alpha value is -2.94. The first-order valence-electron chi connectivity index (χ1n) is 10.1. The van der Waals surface area contributed by atoms with E-state index >= 15 is 0 Å². The molecule has 0 saturated carbocycles. The third-order valence-electron chi connectivity index (χ3n) is 5.19. The predicted octanol–water partition coefficient (Wildman–Crippen LogP) is 1.35. The van der Waals surface area contributed by atoms with Crippen molar-refractivity contribution in [2.24, 2.45) is 4.99 Å². The number of pyridine rings is 1. The average Bonchev–Trinajstić information content (AvgIpc) is 3.35. The van der Waals surface area contributed by atoms with Gasteiger partial charge in [0.25, 0.3) is 0 Å². The highest BCUT2D eigenvalue weighted by Gasteiger charge is 2.20. The van der Waals surface area contributed by atoms with E-state index in [2.05, 4.69) is 35.5 Å². The number of aromatic nitrogens is 4.